The summed E-state index contributed by atoms with van der Waals surface area (Å²) in [4.78, 5) is 24.4. The van der Waals surface area contributed by atoms with Crippen LogP contribution in [0, 0.1) is 13.8 Å². The second-order valence-electron chi connectivity index (χ2n) is 8.96. The van der Waals surface area contributed by atoms with Gasteiger partial charge in [-0.25, -0.2) is 17.9 Å². The van der Waals surface area contributed by atoms with Crippen LogP contribution in [0.3, 0.4) is 0 Å². The summed E-state index contributed by atoms with van der Waals surface area (Å²) in [6, 6.07) is 17.6. The molecule has 3 aromatic carbocycles. The van der Waals surface area contributed by atoms with E-state index in [1.807, 2.05) is 26.0 Å². The van der Waals surface area contributed by atoms with Crippen molar-refractivity contribution in [2.24, 2.45) is 0 Å². The largest absolute Gasteiger partial charge is 0.476 e. The molecule has 0 saturated carbocycles. The topological polar surface area (TPSA) is 140 Å². The fourth-order valence-corrected chi connectivity index (χ4v) is 5.27. The molecule has 12 heteroatoms. The van der Waals surface area contributed by atoms with Crippen LogP contribution in [0.1, 0.15) is 45.3 Å². The number of carboxylic acids is 1. The highest BCUT2D eigenvalue weighted by molar-refractivity contribution is 7.89. The maximum atomic E-state index is 13.3. The van der Waals surface area contributed by atoms with Gasteiger partial charge < -0.3 is 15.2 Å². The molecule has 0 aliphatic heterocycles. The van der Waals surface area contributed by atoms with Crippen LogP contribution in [0.15, 0.2) is 71.6 Å². The number of aromatic nitrogens is 2. The standard InChI is InChI=1S/C28H27ClN4O6S/c1-4-14-30-40(37,38)24-16-21(31-26(34)19-6-5-7-20(29)15-19)10-13-23(24)39-27-18(3)25(28(35)36)32-33(27)22-11-8-17(2)9-12-22/h5-13,15-16,30H,4,14H2,1-3H3,(H,31,34)(H,35,36). The predicted octanol–water partition coefficient (Wildman–Crippen LogP) is 5.57. The van der Waals surface area contributed by atoms with Crippen LogP contribution in [-0.4, -0.2) is 41.7 Å². The third-order valence-corrected chi connectivity index (χ3v) is 7.59. The van der Waals surface area contributed by atoms with Gasteiger partial charge in [0.2, 0.25) is 15.9 Å². The number of aromatic carboxylic acids is 1. The average Bonchev–Trinajstić information content (AvgIpc) is 3.24. The lowest BCUT2D eigenvalue weighted by Crippen LogP contribution is -2.25. The highest BCUT2D eigenvalue weighted by atomic mass is 35.5. The molecule has 0 radical (unpaired) electrons. The number of halogens is 1. The number of hydrogen-bond acceptors (Lipinski definition) is 6. The van der Waals surface area contributed by atoms with E-state index < -0.39 is 21.9 Å². The molecule has 40 heavy (non-hydrogen) atoms. The first-order valence-corrected chi connectivity index (χ1v) is 14.1. The smallest absolute Gasteiger partial charge is 0.356 e. The van der Waals surface area contributed by atoms with Crippen LogP contribution in [0.4, 0.5) is 5.69 Å². The number of sulfonamides is 1. The van der Waals surface area contributed by atoms with Crippen LogP contribution < -0.4 is 14.8 Å². The molecule has 10 nitrogen and oxygen atoms in total. The molecule has 0 unspecified atom stereocenters. The highest BCUT2D eigenvalue weighted by Gasteiger charge is 2.26. The second-order valence-corrected chi connectivity index (χ2v) is 11.1. The summed E-state index contributed by atoms with van der Waals surface area (Å²) in [5.41, 5.74) is 1.96. The van der Waals surface area contributed by atoms with E-state index in [9.17, 15) is 23.1 Å². The molecular weight excluding hydrogens is 556 g/mol. The molecule has 0 spiro atoms. The number of aryl methyl sites for hydroxylation is 1. The first-order chi connectivity index (χ1) is 19.0. The Morgan fingerprint density at radius 1 is 1.05 bits per heavy atom. The van der Waals surface area contributed by atoms with Gasteiger partial charge in [0.1, 0.15) is 10.6 Å². The summed E-state index contributed by atoms with van der Waals surface area (Å²) in [6.07, 6.45) is 0.544. The molecule has 1 amide bonds. The number of nitrogens with one attached hydrogen (secondary N) is 2. The van der Waals surface area contributed by atoms with Crippen molar-refractivity contribution in [1.82, 2.24) is 14.5 Å². The van der Waals surface area contributed by atoms with Crippen molar-refractivity contribution >= 4 is 39.2 Å². The van der Waals surface area contributed by atoms with Crippen LogP contribution in [-0.2, 0) is 10.0 Å². The maximum Gasteiger partial charge on any atom is 0.356 e. The Hall–Kier alpha value is -4.19. The molecular formula is C28H27ClN4O6S. The summed E-state index contributed by atoms with van der Waals surface area (Å²) < 4.78 is 36.5. The molecule has 0 aliphatic carbocycles. The van der Waals surface area contributed by atoms with Crippen LogP contribution >= 0.6 is 11.6 Å². The summed E-state index contributed by atoms with van der Waals surface area (Å²) in [7, 11) is -4.10. The summed E-state index contributed by atoms with van der Waals surface area (Å²) in [6.45, 7) is 5.42. The van der Waals surface area contributed by atoms with Crippen LogP contribution in [0.2, 0.25) is 5.02 Å². The Morgan fingerprint density at radius 3 is 2.42 bits per heavy atom. The molecule has 4 aromatic rings. The minimum atomic E-state index is -4.10. The average molecular weight is 583 g/mol. The van der Waals surface area contributed by atoms with E-state index in [0.29, 0.717) is 22.7 Å². The van der Waals surface area contributed by atoms with Gasteiger partial charge in [-0.05, 0) is 68.8 Å². The van der Waals surface area contributed by atoms with E-state index in [1.165, 1.54) is 35.9 Å². The number of benzene rings is 3. The lowest BCUT2D eigenvalue weighted by molar-refractivity contribution is 0.0689. The number of rotatable bonds is 10. The summed E-state index contributed by atoms with van der Waals surface area (Å²) in [5, 5.41) is 16.9. The van der Waals surface area contributed by atoms with E-state index in [1.54, 1.807) is 30.3 Å². The zero-order valence-corrected chi connectivity index (χ0v) is 23.5. The minimum absolute atomic E-state index is 0.0314. The Kier molecular flexibility index (Phi) is 8.58. The van der Waals surface area contributed by atoms with E-state index in [2.05, 4.69) is 15.1 Å². The van der Waals surface area contributed by atoms with Gasteiger partial charge in [-0.15, -0.1) is 0 Å². The lowest BCUT2D eigenvalue weighted by atomic mass is 10.2. The van der Waals surface area contributed by atoms with Crippen molar-refractivity contribution in [3.8, 4) is 17.3 Å². The number of ether oxygens (including phenoxy) is 1. The molecule has 4 rings (SSSR count). The summed E-state index contributed by atoms with van der Waals surface area (Å²) in [5.74, 6) is -1.80. The Labute approximate surface area is 236 Å². The first kappa shape index (κ1) is 28.8. The van der Waals surface area contributed by atoms with E-state index >= 15 is 0 Å². The maximum absolute atomic E-state index is 13.3. The Bertz CT molecular complexity index is 1680. The van der Waals surface area contributed by atoms with Gasteiger partial charge in [0.25, 0.3) is 5.91 Å². The Morgan fingerprint density at radius 2 is 1.77 bits per heavy atom. The third kappa shape index (κ3) is 6.33. The van der Waals surface area contributed by atoms with Crippen molar-refractivity contribution in [3.63, 3.8) is 0 Å². The predicted molar refractivity (Wildman–Crippen MR) is 151 cm³/mol. The molecule has 1 heterocycles. The van der Waals surface area contributed by atoms with Gasteiger partial charge in [0.15, 0.2) is 5.69 Å². The van der Waals surface area contributed by atoms with Gasteiger partial charge in [0, 0.05) is 28.4 Å². The van der Waals surface area contributed by atoms with Crippen LogP contribution in [0.25, 0.3) is 5.69 Å². The third-order valence-electron chi connectivity index (χ3n) is 5.88. The van der Waals surface area contributed by atoms with Crippen molar-refractivity contribution in [2.75, 3.05) is 11.9 Å². The van der Waals surface area contributed by atoms with E-state index in [0.717, 1.165) is 5.56 Å². The molecule has 0 aliphatic rings. The number of carboxylic acid groups (broad SMARTS) is 1. The molecule has 3 N–H and O–H groups in total. The van der Waals surface area contributed by atoms with Gasteiger partial charge in [-0.2, -0.15) is 9.78 Å². The molecule has 0 fully saturated rings. The number of carbonyl (C=O) groups excluding carboxylic acids is 1. The SMILES string of the molecule is CCCNS(=O)(=O)c1cc(NC(=O)c2cccc(Cl)c2)ccc1Oc1c(C)c(C(=O)O)nn1-c1ccc(C)cc1. The van der Waals surface area contributed by atoms with Gasteiger partial charge in [0.05, 0.1) is 5.69 Å². The van der Waals surface area contributed by atoms with Crippen molar-refractivity contribution < 1.29 is 27.9 Å². The quantitative estimate of drug-likeness (QED) is 0.222. The highest BCUT2D eigenvalue weighted by Crippen LogP contribution is 2.35. The molecule has 0 atom stereocenters. The molecule has 1 aromatic heterocycles. The fraction of sp³-hybridized carbons (Fsp3) is 0.179. The van der Waals surface area contributed by atoms with Crippen molar-refractivity contribution in [1.29, 1.82) is 0 Å². The zero-order valence-electron chi connectivity index (χ0n) is 21.9. The van der Waals surface area contributed by atoms with Crippen molar-refractivity contribution in [2.45, 2.75) is 32.1 Å². The van der Waals surface area contributed by atoms with E-state index in [4.69, 9.17) is 16.3 Å². The number of hydrogen-bond donors (Lipinski definition) is 3. The summed E-state index contributed by atoms with van der Waals surface area (Å²) >= 11 is 5.99. The number of nitrogens with zero attached hydrogens (tertiary/aromatic N) is 2. The zero-order chi connectivity index (χ0) is 29.0. The van der Waals surface area contributed by atoms with Crippen molar-refractivity contribution in [3.05, 3.63) is 94.1 Å². The number of amides is 1. The van der Waals surface area contributed by atoms with E-state index in [-0.39, 0.29) is 40.0 Å². The number of anilines is 1. The molecule has 0 bridgehead atoms. The van der Waals surface area contributed by atoms with Gasteiger partial charge in [-0.1, -0.05) is 42.3 Å². The number of carbonyl (C=O) groups is 2. The van der Waals surface area contributed by atoms with Gasteiger partial charge in [-0.3, -0.25) is 4.79 Å². The molecule has 0 saturated heterocycles. The van der Waals surface area contributed by atoms with Gasteiger partial charge >= 0.3 is 5.97 Å². The minimum Gasteiger partial charge on any atom is -0.476 e. The Balaban J connectivity index is 1.79. The fourth-order valence-electron chi connectivity index (χ4n) is 3.80. The lowest BCUT2D eigenvalue weighted by Gasteiger charge is -2.16. The second kappa shape index (κ2) is 11.9. The monoisotopic (exact) mass is 582 g/mol. The normalized spacial score (nSPS) is 11.3. The van der Waals surface area contributed by atoms with Crippen LogP contribution in [0.5, 0.6) is 11.6 Å². The molecule has 208 valence electrons. The first-order valence-electron chi connectivity index (χ1n) is 12.3.